The number of rotatable bonds is 3. The first kappa shape index (κ1) is 27.8. The van der Waals surface area contributed by atoms with Gasteiger partial charge in [0.2, 0.25) is 0 Å². The molecular weight excluding hydrogens is 383 g/mol. The van der Waals surface area contributed by atoms with Crippen molar-refractivity contribution in [2.45, 2.75) is 31.0 Å². The molecule has 4 atom stereocenters. The molecule has 0 bridgehead atoms. The summed E-state index contributed by atoms with van der Waals surface area (Å²) >= 11 is 0. The fourth-order valence-corrected chi connectivity index (χ4v) is 1.90. The number of anilines is 1. The van der Waals surface area contributed by atoms with Crippen molar-refractivity contribution in [2.75, 3.05) is 12.3 Å². The summed E-state index contributed by atoms with van der Waals surface area (Å²) in [5, 5.41) is 28.2. The number of hydrogen-bond acceptors (Lipinski definition) is 8. The molecule has 25 heavy (non-hydrogen) atoms. The van der Waals surface area contributed by atoms with Gasteiger partial charge in [-0.05, 0) is 6.07 Å². The van der Waals surface area contributed by atoms with Crippen molar-refractivity contribution in [2.24, 2.45) is 0 Å². The van der Waals surface area contributed by atoms with Crippen LogP contribution in [0.5, 0.6) is 0 Å². The normalized spacial score (nSPS) is 25.2. The van der Waals surface area contributed by atoms with E-state index >= 15 is 0 Å². The second-order valence-electron chi connectivity index (χ2n) is 4.68. The van der Waals surface area contributed by atoms with Crippen LogP contribution >= 0.6 is 7.82 Å². The quantitative estimate of drug-likeness (QED) is 0.188. The molecule has 136 valence electrons. The summed E-state index contributed by atoms with van der Waals surface area (Å²) in [6, 6.07) is 1.45. The maximum absolute atomic E-state index is 11.5. The van der Waals surface area contributed by atoms with Gasteiger partial charge in [-0.15, -0.1) is 0 Å². The summed E-state index contributed by atoms with van der Waals surface area (Å²) in [6.45, 7) is -0.371. The molecule has 1 saturated heterocycles. The topological polar surface area (TPSA) is 209 Å². The molecule has 0 amide bonds. The molecule has 1 aromatic heterocycles. The van der Waals surface area contributed by atoms with Gasteiger partial charge in [0, 0.05) is 6.20 Å². The average molecular weight is 403 g/mol. The van der Waals surface area contributed by atoms with Gasteiger partial charge in [0.1, 0.15) is 30.2 Å². The predicted octanol–water partition coefficient (Wildman–Crippen LogP) is -4.92. The first-order valence-corrected chi connectivity index (χ1v) is 7.83. The minimum atomic E-state index is -4.64. The molecular formula is C10H20N3Na2O9P. The van der Waals surface area contributed by atoms with E-state index in [0.717, 1.165) is 0 Å². The molecule has 1 aromatic rings. The molecule has 1 aliphatic rings. The predicted molar refractivity (Wildman–Crippen MR) is 89.2 cm³/mol. The van der Waals surface area contributed by atoms with E-state index in [9.17, 15) is 15.0 Å². The van der Waals surface area contributed by atoms with E-state index in [1.165, 1.54) is 16.8 Å². The molecule has 8 N–H and O–H groups in total. The third-order valence-electron chi connectivity index (χ3n) is 2.91. The van der Waals surface area contributed by atoms with E-state index < -0.39 is 44.5 Å². The van der Waals surface area contributed by atoms with Gasteiger partial charge in [0.25, 0.3) is 0 Å². The van der Waals surface area contributed by atoms with Crippen LogP contribution in [0.15, 0.2) is 17.1 Å². The van der Waals surface area contributed by atoms with Crippen LogP contribution in [0.4, 0.5) is 5.82 Å². The Morgan fingerprint density at radius 2 is 1.68 bits per heavy atom. The van der Waals surface area contributed by atoms with E-state index in [0.29, 0.717) is 0 Å². The Morgan fingerprint density at radius 3 is 2.08 bits per heavy atom. The summed E-state index contributed by atoms with van der Waals surface area (Å²) < 4.78 is 15.4. The molecule has 12 nitrogen and oxygen atoms in total. The van der Waals surface area contributed by atoms with Crippen molar-refractivity contribution in [1.82, 2.24) is 9.55 Å². The Morgan fingerprint density at radius 1 is 1.20 bits per heavy atom. The van der Waals surface area contributed by atoms with Gasteiger partial charge in [-0.1, -0.05) is 0 Å². The Balaban J connectivity index is 0. The number of nitrogens with two attached hydrogens (primary N) is 1. The van der Waals surface area contributed by atoms with Crippen molar-refractivity contribution in [1.29, 1.82) is 0 Å². The average Bonchev–Trinajstić information content (AvgIpc) is 2.68. The Hall–Kier alpha value is 0.630. The van der Waals surface area contributed by atoms with Gasteiger partial charge >= 0.3 is 72.6 Å². The van der Waals surface area contributed by atoms with Gasteiger partial charge in [-0.25, -0.2) is 9.36 Å². The molecule has 2 rings (SSSR count). The van der Waals surface area contributed by atoms with Crippen molar-refractivity contribution >= 4 is 72.8 Å². The van der Waals surface area contributed by atoms with Crippen LogP contribution in [-0.2, 0) is 15.8 Å². The van der Waals surface area contributed by atoms with E-state index in [4.69, 9.17) is 34.8 Å². The van der Waals surface area contributed by atoms with Crippen LogP contribution in [-0.4, -0.2) is 130 Å². The summed E-state index contributed by atoms with van der Waals surface area (Å²) in [5.74, 6) is 0.109. The first-order chi connectivity index (χ1) is 10.5. The molecule has 0 unspecified atom stereocenters. The number of aliphatic hydroxyl groups is 3. The van der Waals surface area contributed by atoms with E-state index in [2.05, 4.69) is 4.98 Å². The number of hydrogen-bond donors (Lipinski definition) is 7. The number of ether oxygens (including phenoxy) is 1. The Kier molecular flexibility index (Phi) is 13.5. The second-order valence-corrected chi connectivity index (χ2v) is 5.70. The zero-order valence-corrected chi connectivity index (χ0v) is 12.6. The fourth-order valence-electron chi connectivity index (χ4n) is 1.90. The van der Waals surface area contributed by atoms with Crippen molar-refractivity contribution in [3.05, 3.63) is 22.7 Å². The zero-order chi connectivity index (χ0) is 17.8. The van der Waals surface area contributed by atoms with E-state index in [1.807, 2.05) is 0 Å². The van der Waals surface area contributed by atoms with Crippen LogP contribution in [0, 0.1) is 0 Å². The fraction of sp³-hybridized carbons (Fsp3) is 0.600. The molecule has 1 aliphatic heterocycles. The third kappa shape index (κ3) is 9.94. The van der Waals surface area contributed by atoms with Crippen LogP contribution in [0.1, 0.15) is 0 Å². The Bertz CT molecular complexity index is 620. The molecule has 0 saturated carbocycles. The summed E-state index contributed by atoms with van der Waals surface area (Å²) in [6.07, 6.45) is -2.52. The first-order valence-electron chi connectivity index (χ1n) is 6.26. The van der Waals surface area contributed by atoms with Crippen LogP contribution < -0.4 is 11.4 Å². The summed E-state index contributed by atoms with van der Waals surface area (Å²) in [4.78, 5) is 36.6. The third-order valence-corrected chi connectivity index (χ3v) is 2.91. The van der Waals surface area contributed by atoms with Crippen molar-refractivity contribution in [3.63, 3.8) is 0 Å². The van der Waals surface area contributed by atoms with Gasteiger partial charge in [-0.3, -0.25) is 4.57 Å². The monoisotopic (exact) mass is 403 g/mol. The number of phosphoric acid groups is 1. The maximum atomic E-state index is 11.5. The molecule has 1 fully saturated rings. The second kappa shape index (κ2) is 12.2. The van der Waals surface area contributed by atoms with Crippen LogP contribution in [0.25, 0.3) is 0 Å². The van der Waals surface area contributed by atoms with Crippen molar-refractivity contribution < 1.29 is 39.3 Å². The number of nitrogen functional groups attached to an aromatic ring is 1. The van der Waals surface area contributed by atoms with Crippen LogP contribution in [0.2, 0.25) is 0 Å². The molecule has 15 heteroatoms. The zero-order valence-electron chi connectivity index (χ0n) is 11.7. The molecule has 2 heterocycles. The Labute approximate surface area is 186 Å². The summed E-state index contributed by atoms with van der Waals surface area (Å²) in [7, 11) is -4.64. The van der Waals surface area contributed by atoms with Gasteiger partial charge in [0.15, 0.2) is 0 Å². The van der Waals surface area contributed by atoms with Crippen LogP contribution in [0.3, 0.4) is 0 Å². The molecule has 0 aliphatic carbocycles. The SMILES string of the molecule is Nc1ccn(C[C@@H]2O[C@H](CO)[C@@H](O)[C@H]2O)c(=O)n1.O=P(O)(O)O.[NaH].[NaH]. The van der Waals surface area contributed by atoms with Gasteiger partial charge < -0.3 is 40.5 Å². The number of aliphatic hydroxyl groups excluding tert-OH is 3. The molecule has 0 aromatic carbocycles. The minimum absolute atomic E-state index is 0. The molecule has 0 radical (unpaired) electrons. The van der Waals surface area contributed by atoms with Gasteiger partial charge in [-0.2, -0.15) is 4.98 Å². The van der Waals surface area contributed by atoms with Gasteiger partial charge in [0.05, 0.1) is 13.2 Å². The molecule has 0 spiro atoms. The summed E-state index contributed by atoms with van der Waals surface area (Å²) in [5.41, 5.74) is 4.79. The van der Waals surface area contributed by atoms with Crippen molar-refractivity contribution in [3.8, 4) is 0 Å². The number of aromatic nitrogens is 2. The van der Waals surface area contributed by atoms with E-state index in [1.54, 1.807) is 0 Å². The standard InChI is InChI=1S/C10H15N3O5.2Na.H3O4P.2H/c11-7-1-2-13(10(17)12-7)3-5-8(15)9(16)6(4-14)18-5;;;1-5(2,3)4;;/h1-2,5-6,8-9,14-16H,3-4H2,(H2,11,12,17);;;(H3,1,2,3,4);;/t5-,6+,8-,9+;;;;;/m0...../s1. The van der Waals surface area contributed by atoms with E-state index in [-0.39, 0.29) is 71.5 Å². The number of nitrogens with zero attached hydrogens (tertiary/aromatic N) is 2.